The molecule has 7 heteroatoms. The first-order valence-corrected chi connectivity index (χ1v) is 6.86. The Bertz CT molecular complexity index is 908. The van der Waals surface area contributed by atoms with Crippen LogP contribution in [0.25, 0.3) is 21.9 Å². The van der Waals surface area contributed by atoms with Crippen molar-refractivity contribution in [1.82, 2.24) is 15.0 Å². The van der Waals surface area contributed by atoms with Crippen LogP contribution in [0.1, 0.15) is 28.8 Å². The lowest BCUT2D eigenvalue weighted by molar-refractivity contribution is -0.580. The first-order valence-electron chi connectivity index (χ1n) is 6.86. The second-order valence-electron chi connectivity index (χ2n) is 4.86. The Kier molecular flexibility index (Phi) is 3.32. The smallest absolute Gasteiger partial charge is 0.383 e. The number of ether oxygens (including phenoxy) is 1. The maximum atomic E-state index is 12.1. The Labute approximate surface area is 126 Å². The van der Waals surface area contributed by atoms with E-state index in [4.69, 9.17) is 4.74 Å². The maximum Gasteiger partial charge on any atom is 0.383 e. The monoisotopic (exact) mass is 298 g/mol. The van der Waals surface area contributed by atoms with E-state index in [1.54, 1.807) is 19.1 Å². The largest absolute Gasteiger partial charge is 0.710 e. The molecule has 0 aliphatic rings. The Morgan fingerprint density at radius 1 is 1.27 bits per heavy atom. The predicted molar refractivity (Wildman–Crippen MR) is 79.2 cm³/mol. The summed E-state index contributed by atoms with van der Waals surface area (Å²) in [6.45, 7) is 5.62. The van der Waals surface area contributed by atoms with Crippen LogP contribution in [0.3, 0.4) is 0 Å². The molecule has 0 amide bonds. The zero-order chi connectivity index (χ0) is 15.9. The highest BCUT2D eigenvalue weighted by atomic mass is 16.5. The third kappa shape index (κ3) is 2.11. The summed E-state index contributed by atoms with van der Waals surface area (Å²) in [5.74, 6) is -0.583. The molecule has 0 saturated heterocycles. The lowest BCUT2D eigenvalue weighted by Gasteiger charge is -2.09. The van der Waals surface area contributed by atoms with Crippen LogP contribution < -0.4 is 4.73 Å². The second-order valence-corrected chi connectivity index (χ2v) is 4.86. The van der Waals surface area contributed by atoms with E-state index in [1.807, 2.05) is 13.8 Å². The SMILES string of the molecule is CCOC(=O)c1nc[n+]([O-])c2ccc3nc(C)c(C)nc3c12. The van der Waals surface area contributed by atoms with E-state index in [2.05, 4.69) is 15.0 Å². The van der Waals surface area contributed by atoms with Gasteiger partial charge in [0.25, 0.3) is 12.0 Å². The third-order valence-electron chi connectivity index (χ3n) is 3.46. The zero-order valence-corrected chi connectivity index (χ0v) is 12.5. The molecule has 112 valence electrons. The molecule has 0 unspecified atom stereocenters. The molecule has 3 aromatic rings. The number of aryl methyl sites for hydroxylation is 2. The molecule has 0 bridgehead atoms. The highest BCUT2D eigenvalue weighted by Gasteiger charge is 2.24. The van der Waals surface area contributed by atoms with E-state index in [0.717, 1.165) is 17.7 Å². The Morgan fingerprint density at radius 2 is 2.00 bits per heavy atom. The van der Waals surface area contributed by atoms with Crippen molar-refractivity contribution in [2.45, 2.75) is 20.8 Å². The fraction of sp³-hybridized carbons (Fsp3) is 0.267. The number of fused-ring (bicyclic) bond motifs is 3. The quantitative estimate of drug-likeness (QED) is 0.309. The van der Waals surface area contributed by atoms with E-state index in [1.165, 1.54) is 0 Å². The number of aromatic nitrogens is 4. The van der Waals surface area contributed by atoms with Crippen LogP contribution >= 0.6 is 0 Å². The minimum atomic E-state index is -0.583. The van der Waals surface area contributed by atoms with Gasteiger partial charge in [-0.1, -0.05) is 0 Å². The molecule has 0 N–H and O–H groups in total. The van der Waals surface area contributed by atoms with E-state index in [0.29, 0.717) is 26.7 Å². The van der Waals surface area contributed by atoms with E-state index >= 15 is 0 Å². The number of rotatable bonds is 2. The van der Waals surface area contributed by atoms with Gasteiger partial charge in [0.1, 0.15) is 16.4 Å². The lowest BCUT2D eigenvalue weighted by Crippen LogP contribution is -2.29. The number of carbonyl (C=O) groups excluding carboxylic acids is 1. The van der Waals surface area contributed by atoms with Gasteiger partial charge < -0.3 is 9.94 Å². The van der Waals surface area contributed by atoms with Gasteiger partial charge in [-0.3, -0.25) is 0 Å². The molecular weight excluding hydrogens is 284 g/mol. The van der Waals surface area contributed by atoms with Crippen molar-refractivity contribution in [2.24, 2.45) is 0 Å². The summed E-state index contributed by atoms with van der Waals surface area (Å²) in [7, 11) is 0. The van der Waals surface area contributed by atoms with Crippen LogP contribution in [0.15, 0.2) is 18.5 Å². The molecule has 7 nitrogen and oxygen atoms in total. The maximum absolute atomic E-state index is 12.1. The molecule has 0 fully saturated rings. The first-order chi connectivity index (χ1) is 10.5. The van der Waals surface area contributed by atoms with Crippen LogP contribution in [0.2, 0.25) is 0 Å². The molecule has 0 aliphatic carbocycles. The fourth-order valence-corrected chi connectivity index (χ4v) is 2.29. The molecule has 0 saturated carbocycles. The van der Waals surface area contributed by atoms with E-state index in [9.17, 15) is 10.0 Å². The van der Waals surface area contributed by atoms with Crippen LogP contribution in [-0.4, -0.2) is 27.5 Å². The number of benzene rings is 1. The van der Waals surface area contributed by atoms with Gasteiger partial charge in [0.15, 0.2) is 0 Å². The summed E-state index contributed by atoms with van der Waals surface area (Å²) in [6, 6.07) is 3.32. The topological polar surface area (TPSA) is 91.9 Å². The normalized spacial score (nSPS) is 11.0. The Balaban J connectivity index is 2.46. The molecule has 0 spiro atoms. The van der Waals surface area contributed by atoms with E-state index in [-0.39, 0.29) is 12.3 Å². The molecule has 2 aromatic heterocycles. The summed E-state index contributed by atoms with van der Waals surface area (Å²) >= 11 is 0. The van der Waals surface area contributed by atoms with Gasteiger partial charge in [0.05, 0.1) is 23.5 Å². The predicted octanol–water partition coefficient (Wildman–Crippen LogP) is 1.60. The molecule has 0 radical (unpaired) electrons. The van der Waals surface area contributed by atoms with Crippen LogP contribution in [-0.2, 0) is 4.74 Å². The lowest BCUT2D eigenvalue weighted by atomic mass is 10.1. The molecule has 2 heterocycles. The fourth-order valence-electron chi connectivity index (χ4n) is 2.29. The highest BCUT2D eigenvalue weighted by Crippen LogP contribution is 2.24. The standard InChI is InChI=1S/C15H14N4O3/c1-4-22-15(20)14-12-11(19(21)7-16-14)6-5-10-13(12)18-9(3)8(2)17-10/h5-7H,4H2,1-3H3. The zero-order valence-electron chi connectivity index (χ0n) is 12.5. The first kappa shape index (κ1) is 14.1. The van der Waals surface area contributed by atoms with Crippen LogP contribution in [0.4, 0.5) is 0 Å². The number of hydrogen-bond donors (Lipinski definition) is 0. The molecular formula is C15H14N4O3. The molecule has 0 aliphatic heterocycles. The van der Waals surface area contributed by atoms with Gasteiger partial charge in [-0.15, -0.1) is 0 Å². The number of esters is 1. The highest BCUT2D eigenvalue weighted by molar-refractivity contribution is 6.11. The summed E-state index contributed by atoms with van der Waals surface area (Å²) in [4.78, 5) is 25.0. The van der Waals surface area contributed by atoms with Crippen molar-refractivity contribution < 1.29 is 14.3 Å². The number of carbonyl (C=O) groups is 1. The van der Waals surface area contributed by atoms with Crippen molar-refractivity contribution in [2.75, 3.05) is 6.61 Å². The summed E-state index contributed by atoms with van der Waals surface area (Å²) in [6.07, 6.45) is 1.05. The van der Waals surface area contributed by atoms with Gasteiger partial charge in [-0.05, 0) is 37.9 Å². The van der Waals surface area contributed by atoms with Gasteiger partial charge in [-0.25, -0.2) is 19.5 Å². The summed E-state index contributed by atoms with van der Waals surface area (Å²) in [5, 5.41) is 12.3. The molecule has 22 heavy (non-hydrogen) atoms. The molecule has 3 rings (SSSR count). The minimum absolute atomic E-state index is 0.0760. The summed E-state index contributed by atoms with van der Waals surface area (Å²) < 4.78 is 5.62. The van der Waals surface area contributed by atoms with Gasteiger partial charge in [0.2, 0.25) is 0 Å². The average molecular weight is 298 g/mol. The molecule has 1 aromatic carbocycles. The number of hydrogen-bond acceptors (Lipinski definition) is 6. The van der Waals surface area contributed by atoms with Crippen LogP contribution in [0.5, 0.6) is 0 Å². The van der Waals surface area contributed by atoms with Crippen LogP contribution in [0, 0.1) is 19.1 Å². The van der Waals surface area contributed by atoms with Gasteiger partial charge in [-0.2, -0.15) is 0 Å². The third-order valence-corrected chi connectivity index (χ3v) is 3.46. The second kappa shape index (κ2) is 5.18. The van der Waals surface area contributed by atoms with Crippen molar-refractivity contribution in [3.05, 3.63) is 40.7 Å². The van der Waals surface area contributed by atoms with Crippen molar-refractivity contribution >= 4 is 27.9 Å². The van der Waals surface area contributed by atoms with Gasteiger partial charge >= 0.3 is 5.97 Å². The molecule has 0 atom stereocenters. The number of nitrogens with zero attached hydrogens (tertiary/aromatic N) is 4. The van der Waals surface area contributed by atoms with E-state index < -0.39 is 5.97 Å². The van der Waals surface area contributed by atoms with Crippen molar-refractivity contribution in [1.29, 1.82) is 0 Å². The Morgan fingerprint density at radius 3 is 2.73 bits per heavy atom. The Hall–Kier alpha value is -2.83. The summed E-state index contributed by atoms with van der Waals surface area (Å²) in [5.41, 5.74) is 2.99. The van der Waals surface area contributed by atoms with Crippen molar-refractivity contribution in [3.8, 4) is 0 Å². The minimum Gasteiger partial charge on any atom is -0.710 e. The average Bonchev–Trinajstić information content (AvgIpc) is 2.49. The van der Waals surface area contributed by atoms with Gasteiger partial charge in [0, 0.05) is 0 Å². The van der Waals surface area contributed by atoms with Crippen molar-refractivity contribution in [3.63, 3.8) is 0 Å².